The molecule has 1 aromatic heterocycles. The number of anilines is 1. The summed E-state index contributed by atoms with van der Waals surface area (Å²) in [5.74, 6) is -1.38. The smallest absolute Gasteiger partial charge is 0.368 e. The molecular formula is C11H7F4N3. The molecule has 1 aromatic carbocycles. The number of benzene rings is 1. The maximum absolute atomic E-state index is 13.3. The molecule has 0 aliphatic rings. The van der Waals surface area contributed by atoms with Gasteiger partial charge in [-0.25, -0.2) is 14.4 Å². The summed E-state index contributed by atoms with van der Waals surface area (Å²) in [6, 6.07) is 4.00. The highest BCUT2D eigenvalue weighted by Crippen LogP contribution is 2.33. The topological polar surface area (TPSA) is 51.8 Å². The van der Waals surface area contributed by atoms with Gasteiger partial charge in [-0.3, -0.25) is 0 Å². The maximum atomic E-state index is 13.3. The Hall–Kier alpha value is -2.18. The first-order valence-electron chi connectivity index (χ1n) is 4.83. The fourth-order valence-corrected chi connectivity index (χ4v) is 1.44. The van der Waals surface area contributed by atoms with Crippen LogP contribution in [0.25, 0.3) is 11.3 Å². The van der Waals surface area contributed by atoms with Crippen molar-refractivity contribution in [1.29, 1.82) is 0 Å². The molecule has 0 spiro atoms. The van der Waals surface area contributed by atoms with E-state index in [0.717, 1.165) is 12.1 Å². The quantitative estimate of drug-likeness (QED) is 0.799. The van der Waals surface area contributed by atoms with Gasteiger partial charge in [0.25, 0.3) is 0 Å². The molecule has 0 saturated carbocycles. The van der Waals surface area contributed by atoms with Crippen LogP contribution in [0, 0.1) is 5.82 Å². The van der Waals surface area contributed by atoms with Crippen molar-refractivity contribution < 1.29 is 17.6 Å². The number of rotatable bonds is 1. The van der Waals surface area contributed by atoms with Gasteiger partial charge >= 0.3 is 6.18 Å². The highest BCUT2D eigenvalue weighted by atomic mass is 19.4. The summed E-state index contributed by atoms with van der Waals surface area (Å²) in [6.07, 6.45) is -3.37. The number of nitrogen functional groups attached to an aromatic ring is 1. The summed E-state index contributed by atoms with van der Waals surface area (Å²) < 4.78 is 50.4. The minimum atomic E-state index is -4.71. The van der Waals surface area contributed by atoms with Crippen molar-refractivity contribution in [3.63, 3.8) is 0 Å². The average molecular weight is 257 g/mol. The molecule has 2 N–H and O–H groups in total. The van der Waals surface area contributed by atoms with Crippen molar-refractivity contribution in [2.45, 2.75) is 6.18 Å². The van der Waals surface area contributed by atoms with Gasteiger partial charge in [0.05, 0.1) is 11.3 Å². The molecule has 1 heterocycles. The zero-order valence-electron chi connectivity index (χ0n) is 8.87. The summed E-state index contributed by atoms with van der Waals surface area (Å²) in [6.45, 7) is 0. The largest absolute Gasteiger partial charge is 0.419 e. The van der Waals surface area contributed by atoms with Gasteiger partial charge in [-0.2, -0.15) is 13.2 Å². The summed E-state index contributed by atoms with van der Waals surface area (Å²) in [5.41, 5.74) is 4.49. The number of hydrogen-bond donors (Lipinski definition) is 1. The molecule has 0 atom stereocenters. The molecule has 2 rings (SSSR count). The molecule has 0 saturated heterocycles. The lowest BCUT2D eigenvalue weighted by Crippen LogP contribution is -2.08. The first-order chi connectivity index (χ1) is 8.38. The first-order valence-corrected chi connectivity index (χ1v) is 4.83. The number of nitrogens with zero attached hydrogens (tertiary/aromatic N) is 2. The van der Waals surface area contributed by atoms with Crippen molar-refractivity contribution in [1.82, 2.24) is 9.97 Å². The lowest BCUT2D eigenvalue weighted by molar-refractivity contribution is -0.139. The van der Waals surface area contributed by atoms with E-state index in [1.165, 1.54) is 12.3 Å². The summed E-state index contributed by atoms with van der Waals surface area (Å²) in [5, 5.41) is 0. The first kappa shape index (κ1) is 12.3. The van der Waals surface area contributed by atoms with Crippen LogP contribution in [0.15, 0.2) is 30.5 Å². The van der Waals surface area contributed by atoms with E-state index in [1.54, 1.807) is 0 Å². The summed E-state index contributed by atoms with van der Waals surface area (Å²) >= 11 is 0. The van der Waals surface area contributed by atoms with E-state index in [-0.39, 0.29) is 17.2 Å². The molecule has 0 bridgehead atoms. The van der Waals surface area contributed by atoms with Gasteiger partial charge in [0.15, 0.2) is 0 Å². The van der Waals surface area contributed by atoms with E-state index in [1.807, 2.05) is 0 Å². The predicted molar refractivity (Wildman–Crippen MR) is 56.8 cm³/mol. The number of halogens is 4. The van der Waals surface area contributed by atoms with Gasteiger partial charge in [0.1, 0.15) is 5.82 Å². The molecule has 7 heteroatoms. The second-order valence-electron chi connectivity index (χ2n) is 3.49. The summed E-state index contributed by atoms with van der Waals surface area (Å²) in [4.78, 5) is 7.43. The molecular weight excluding hydrogens is 250 g/mol. The van der Waals surface area contributed by atoms with Gasteiger partial charge in [-0.05, 0) is 18.2 Å². The maximum Gasteiger partial charge on any atom is 0.419 e. The van der Waals surface area contributed by atoms with Crippen LogP contribution in [0.5, 0.6) is 0 Å². The monoisotopic (exact) mass is 257 g/mol. The standard InChI is InChI=1S/C11H7F4N3/c12-8-5-6(1-2-7(8)11(13,14)15)9-3-4-17-10(16)18-9/h1-5H,(H2,16,17,18). The molecule has 0 unspecified atom stereocenters. The Morgan fingerprint density at radius 3 is 2.39 bits per heavy atom. The highest BCUT2D eigenvalue weighted by Gasteiger charge is 2.33. The van der Waals surface area contributed by atoms with Gasteiger partial charge in [-0.15, -0.1) is 0 Å². The third kappa shape index (κ3) is 2.39. The molecule has 3 nitrogen and oxygen atoms in total. The third-order valence-corrected chi connectivity index (χ3v) is 2.24. The normalized spacial score (nSPS) is 11.6. The Morgan fingerprint density at radius 1 is 1.11 bits per heavy atom. The van der Waals surface area contributed by atoms with Crippen LogP contribution in [0.3, 0.4) is 0 Å². The number of nitrogens with two attached hydrogens (primary N) is 1. The lowest BCUT2D eigenvalue weighted by atomic mass is 10.1. The molecule has 0 radical (unpaired) electrons. The number of aromatic nitrogens is 2. The predicted octanol–water partition coefficient (Wildman–Crippen LogP) is 2.88. The Bertz CT molecular complexity index is 581. The van der Waals surface area contributed by atoms with Crippen LogP contribution >= 0.6 is 0 Å². The third-order valence-electron chi connectivity index (χ3n) is 2.24. The van der Waals surface area contributed by atoms with Crippen LogP contribution < -0.4 is 5.73 Å². The highest BCUT2D eigenvalue weighted by molar-refractivity contribution is 5.60. The SMILES string of the molecule is Nc1nccc(-c2ccc(C(F)(F)F)c(F)c2)n1. The van der Waals surface area contributed by atoms with E-state index < -0.39 is 17.6 Å². The fraction of sp³-hybridized carbons (Fsp3) is 0.0909. The minimum Gasteiger partial charge on any atom is -0.368 e. The lowest BCUT2D eigenvalue weighted by Gasteiger charge is -2.09. The van der Waals surface area contributed by atoms with Crippen LogP contribution in [-0.2, 0) is 6.18 Å². The van der Waals surface area contributed by atoms with Crippen LogP contribution in [-0.4, -0.2) is 9.97 Å². The number of hydrogen-bond acceptors (Lipinski definition) is 3. The van der Waals surface area contributed by atoms with E-state index in [2.05, 4.69) is 9.97 Å². The van der Waals surface area contributed by atoms with Crippen molar-refractivity contribution in [3.8, 4) is 11.3 Å². The second kappa shape index (κ2) is 4.25. The molecule has 0 aliphatic carbocycles. The van der Waals surface area contributed by atoms with Gasteiger partial charge < -0.3 is 5.73 Å². The van der Waals surface area contributed by atoms with Crippen LogP contribution in [0.2, 0.25) is 0 Å². The van der Waals surface area contributed by atoms with Crippen molar-refractivity contribution in [3.05, 3.63) is 41.8 Å². The Kier molecular flexibility index (Phi) is 2.90. The van der Waals surface area contributed by atoms with E-state index >= 15 is 0 Å². The molecule has 94 valence electrons. The Labute approximate surface area is 99.3 Å². The van der Waals surface area contributed by atoms with Gasteiger partial charge in [-0.1, -0.05) is 6.07 Å². The van der Waals surface area contributed by atoms with E-state index in [0.29, 0.717) is 6.07 Å². The number of alkyl halides is 3. The van der Waals surface area contributed by atoms with E-state index in [9.17, 15) is 17.6 Å². The van der Waals surface area contributed by atoms with Crippen molar-refractivity contribution in [2.75, 3.05) is 5.73 Å². The van der Waals surface area contributed by atoms with Gasteiger partial charge in [0.2, 0.25) is 5.95 Å². The van der Waals surface area contributed by atoms with Crippen LogP contribution in [0.4, 0.5) is 23.5 Å². The molecule has 18 heavy (non-hydrogen) atoms. The molecule has 0 amide bonds. The second-order valence-corrected chi connectivity index (χ2v) is 3.49. The zero-order chi connectivity index (χ0) is 13.3. The van der Waals surface area contributed by atoms with Crippen molar-refractivity contribution >= 4 is 5.95 Å². The molecule has 2 aromatic rings. The average Bonchev–Trinajstić information content (AvgIpc) is 2.27. The summed E-state index contributed by atoms with van der Waals surface area (Å²) in [7, 11) is 0. The van der Waals surface area contributed by atoms with Crippen molar-refractivity contribution in [2.24, 2.45) is 0 Å². The van der Waals surface area contributed by atoms with Crippen LogP contribution in [0.1, 0.15) is 5.56 Å². The van der Waals surface area contributed by atoms with E-state index in [4.69, 9.17) is 5.73 Å². The molecule has 0 aliphatic heterocycles. The minimum absolute atomic E-state index is 0.0344. The zero-order valence-corrected chi connectivity index (χ0v) is 8.87. The Morgan fingerprint density at radius 2 is 1.83 bits per heavy atom. The fourth-order valence-electron chi connectivity index (χ4n) is 1.44. The molecule has 0 fully saturated rings. The van der Waals surface area contributed by atoms with Gasteiger partial charge in [0, 0.05) is 11.8 Å². The Balaban J connectivity index is 2.47.